The van der Waals surface area contributed by atoms with E-state index < -0.39 is 41.1 Å². The van der Waals surface area contributed by atoms with E-state index in [0.29, 0.717) is 0 Å². The third kappa shape index (κ3) is 2.81. The maximum atomic E-state index is 13.6. The number of nitrogens with one attached hydrogen (secondary N) is 2. The Morgan fingerprint density at radius 1 is 1.12 bits per heavy atom. The number of rotatable bonds is 3. The predicted octanol–water partition coefficient (Wildman–Crippen LogP) is 2.81. The molecule has 0 spiro atoms. The molecular weight excluding hydrogens is 325 g/mol. The fourth-order valence-corrected chi connectivity index (χ4v) is 3.91. The van der Waals surface area contributed by atoms with Crippen molar-refractivity contribution in [1.29, 1.82) is 0 Å². The lowest BCUT2D eigenvalue weighted by molar-refractivity contribution is -0.148. The Morgan fingerprint density at radius 2 is 1.83 bits per heavy atom. The van der Waals surface area contributed by atoms with Gasteiger partial charge in [-0.3, -0.25) is 4.79 Å². The highest BCUT2D eigenvalue weighted by atomic mass is 19.2. The third-order valence-corrected chi connectivity index (χ3v) is 4.97. The van der Waals surface area contributed by atoms with Gasteiger partial charge < -0.3 is 15.4 Å². The number of methoxy groups -OCH3 is 1. The molecule has 2 aliphatic rings. The Bertz CT molecular complexity index is 683. The van der Waals surface area contributed by atoms with Crippen LogP contribution < -0.4 is 10.6 Å². The Balaban J connectivity index is 1.70. The van der Waals surface area contributed by atoms with Gasteiger partial charge in [0.2, 0.25) is 0 Å². The standard InChI is InChI=1S/C16H17F3N2O3/c1-24-15(22)11-7-2-3-8(6-7)14(11)21-16(23)20-10-5-4-9(17)12(18)13(10)19/h4-5,7-8,11,14H,2-3,6H2,1H3,(H2,20,21,23)/t7-,8-,11-,14-/m0/s1. The van der Waals surface area contributed by atoms with Crippen molar-refractivity contribution in [3.8, 4) is 0 Å². The molecule has 4 atom stereocenters. The number of ether oxygens (including phenoxy) is 1. The first kappa shape index (κ1) is 16.6. The van der Waals surface area contributed by atoms with Crippen LogP contribution in [0, 0.1) is 35.2 Å². The summed E-state index contributed by atoms with van der Waals surface area (Å²) in [5.41, 5.74) is -0.468. The smallest absolute Gasteiger partial charge is 0.319 e. The molecule has 24 heavy (non-hydrogen) atoms. The molecule has 2 amide bonds. The molecule has 2 bridgehead atoms. The number of hydrogen-bond acceptors (Lipinski definition) is 3. The molecule has 130 valence electrons. The van der Waals surface area contributed by atoms with E-state index in [1.54, 1.807) is 0 Å². The first-order chi connectivity index (χ1) is 11.4. The number of halogens is 3. The van der Waals surface area contributed by atoms with Gasteiger partial charge in [-0.1, -0.05) is 0 Å². The van der Waals surface area contributed by atoms with Gasteiger partial charge in [-0.05, 0) is 43.2 Å². The Kier molecular flexibility index (Phi) is 4.38. The lowest BCUT2D eigenvalue weighted by Gasteiger charge is -2.29. The summed E-state index contributed by atoms with van der Waals surface area (Å²) in [5, 5.41) is 4.81. The summed E-state index contributed by atoms with van der Waals surface area (Å²) in [7, 11) is 1.29. The molecule has 1 aromatic rings. The summed E-state index contributed by atoms with van der Waals surface area (Å²) in [6, 6.07) is 0.477. The number of esters is 1. The summed E-state index contributed by atoms with van der Waals surface area (Å²) < 4.78 is 44.5. The van der Waals surface area contributed by atoms with Crippen LogP contribution in [0.5, 0.6) is 0 Å². The van der Waals surface area contributed by atoms with Crippen LogP contribution in [0.2, 0.25) is 0 Å². The Labute approximate surface area is 136 Å². The van der Waals surface area contributed by atoms with E-state index in [4.69, 9.17) is 4.74 Å². The molecule has 0 saturated heterocycles. The molecule has 0 aromatic heterocycles. The van der Waals surface area contributed by atoms with Gasteiger partial charge >= 0.3 is 12.0 Å². The minimum atomic E-state index is -1.65. The predicted molar refractivity (Wildman–Crippen MR) is 78.6 cm³/mol. The number of amides is 2. The first-order valence-corrected chi connectivity index (χ1v) is 7.71. The average molecular weight is 342 g/mol. The molecule has 0 unspecified atom stereocenters. The molecule has 2 N–H and O–H groups in total. The zero-order valence-corrected chi connectivity index (χ0v) is 12.9. The third-order valence-electron chi connectivity index (χ3n) is 4.97. The largest absolute Gasteiger partial charge is 0.469 e. The summed E-state index contributed by atoms with van der Waals surface area (Å²) in [4.78, 5) is 24.0. The Morgan fingerprint density at radius 3 is 2.54 bits per heavy atom. The number of fused-ring (bicyclic) bond motifs is 2. The fourth-order valence-electron chi connectivity index (χ4n) is 3.91. The highest BCUT2D eigenvalue weighted by Gasteiger charge is 2.52. The number of carbonyl (C=O) groups is 2. The zero-order valence-electron chi connectivity index (χ0n) is 12.9. The van der Waals surface area contributed by atoms with Gasteiger partial charge in [0, 0.05) is 6.04 Å². The number of benzene rings is 1. The molecule has 2 saturated carbocycles. The molecule has 0 radical (unpaired) electrons. The minimum absolute atomic E-state index is 0.152. The second-order valence-electron chi connectivity index (χ2n) is 6.23. The molecule has 0 heterocycles. The molecule has 0 aliphatic heterocycles. The fraction of sp³-hybridized carbons (Fsp3) is 0.500. The van der Waals surface area contributed by atoms with Crippen molar-refractivity contribution < 1.29 is 27.5 Å². The van der Waals surface area contributed by atoms with Crippen molar-refractivity contribution in [2.45, 2.75) is 25.3 Å². The van der Waals surface area contributed by atoms with Crippen LogP contribution in [-0.2, 0) is 9.53 Å². The van der Waals surface area contributed by atoms with Crippen molar-refractivity contribution in [2.75, 3.05) is 12.4 Å². The molecule has 2 fully saturated rings. The van der Waals surface area contributed by atoms with Crippen molar-refractivity contribution >= 4 is 17.7 Å². The maximum absolute atomic E-state index is 13.6. The van der Waals surface area contributed by atoms with Crippen LogP contribution in [0.15, 0.2) is 12.1 Å². The summed E-state index contributed by atoms with van der Waals surface area (Å²) in [6.07, 6.45) is 2.62. The van der Waals surface area contributed by atoms with E-state index >= 15 is 0 Å². The topological polar surface area (TPSA) is 67.4 Å². The number of urea groups is 1. The van der Waals surface area contributed by atoms with Crippen molar-refractivity contribution in [1.82, 2.24) is 5.32 Å². The first-order valence-electron chi connectivity index (χ1n) is 7.71. The summed E-state index contributed by atoms with van der Waals surface area (Å²) in [5.74, 6) is -4.96. The lowest BCUT2D eigenvalue weighted by Crippen LogP contribution is -2.48. The summed E-state index contributed by atoms with van der Waals surface area (Å²) in [6.45, 7) is 0. The molecule has 8 heteroatoms. The highest BCUT2D eigenvalue weighted by molar-refractivity contribution is 5.90. The van der Waals surface area contributed by atoms with Crippen LogP contribution in [-0.4, -0.2) is 25.2 Å². The zero-order chi connectivity index (χ0) is 17.4. The SMILES string of the molecule is COC(=O)[C@H]1[C@H]2CC[C@@H](C2)[C@@H]1NC(=O)Nc1ccc(F)c(F)c1F. The van der Waals surface area contributed by atoms with Gasteiger partial charge in [0.25, 0.3) is 0 Å². The van der Waals surface area contributed by atoms with Gasteiger partial charge in [-0.25, -0.2) is 18.0 Å². The van der Waals surface area contributed by atoms with Crippen LogP contribution in [0.4, 0.5) is 23.7 Å². The van der Waals surface area contributed by atoms with Gasteiger partial charge in [0.15, 0.2) is 17.5 Å². The molecule has 1 aromatic carbocycles. The van der Waals surface area contributed by atoms with Crippen LogP contribution >= 0.6 is 0 Å². The van der Waals surface area contributed by atoms with E-state index in [-0.39, 0.29) is 17.8 Å². The van der Waals surface area contributed by atoms with Gasteiger partial charge in [-0.2, -0.15) is 0 Å². The second kappa shape index (κ2) is 6.33. The summed E-state index contributed by atoms with van der Waals surface area (Å²) >= 11 is 0. The molecular formula is C16H17F3N2O3. The molecule has 2 aliphatic carbocycles. The van der Waals surface area contributed by atoms with Crippen LogP contribution in [0.3, 0.4) is 0 Å². The van der Waals surface area contributed by atoms with Gasteiger partial charge in [-0.15, -0.1) is 0 Å². The highest BCUT2D eigenvalue weighted by Crippen LogP contribution is 2.48. The van der Waals surface area contributed by atoms with E-state index in [9.17, 15) is 22.8 Å². The average Bonchev–Trinajstić information content (AvgIpc) is 3.16. The minimum Gasteiger partial charge on any atom is -0.469 e. The van der Waals surface area contributed by atoms with Crippen molar-refractivity contribution in [3.63, 3.8) is 0 Å². The number of carbonyl (C=O) groups excluding carboxylic acids is 2. The Hall–Kier alpha value is -2.25. The number of hydrogen-bond donors (Lipinski definition) is 2. The van der Waals surface area contributed by atoms with Crippen molar-refractivity contribution in [3.05, 3.63) is 29.6 Å². The van der Waals surface area contributed by atoms with E-state index in [1.165, 1.54) is 7.11 Å². The molecule has 5 nitrogen and oxygen atoms in total. The van der Waals surface area contributed by atoms with Crippen LogP contribution in [0.25, 0.3) is 0 Å². The number of anilines is 1. The van der Waals surface area contributed by atoms with E-state index in [2.05, 4.69) is 10.6 Å². The monoisotopic (exact) mass is 342 g/mol. The lowest BCUT2D eigenvalue weighted by atomic mass is 9.84. The van der Waals surface area contributed by atoms with E-state index in [1.807, 2.05) is 0 Å². The van der Waals surface area contributed by atoms with Gasteiger partial charge in [0.05, 0.1) is 18.7 Å². The second-order valence-corrected chi connectivity index (χ2v) is 6.23. The quantitative estimate of drug-likeness (QED) is 0.656. The van der Waals surface area contributed by atoms with E-state index in [0.717, 1.165) is 31.4 Å². The molecule has 3 rings (SSSR count). The van der Waals surface area contributed by atoms with Gasteiger partial charge in [0.1, 0.15) is 0 Å². The maximum Gasteiger partial charge on any atom is 0.319 e. The van der Waals surface area contributed by atoms with Crippen molar-refractivity contribution in [2.24, 2.45) is 17.8 Å². The van der Waals surface area contributed by atoms with Crippen LogP contribution in [0.1, 0.15) is 19.3 Å². The normalized spacial score (nSPS) is 27.8.